The highest BCUT2D eigenvalue weighted by atomic mass is 16.3. The van der Waals surface area contributed by atoms with Gasteiger partial charge in [0.25, 0.3) is 0 Å². The van der Waals surface area contributed by atoms with Crippen molar-refractivity contribution < 1.29 is 10.2 Å². The summed E-state index contributed by atoms with van der Waals surface area (Å²) in [7, 11) is 0. The molecule has 106 valence electrons. The summed E-state index contributed by atoms with van der Waals surface area (Å²) >= 11 is 0. The number of rotatable bonds is 3. The van der Waals surface area contributed by atoms with Crippen LogP contribution in [0.4, 0.5) is 0 Å². The summed E-state index contributed by atoms with van der Waals surface area (Å²) in [6.45, 7) is 0.485. The number of hydrogen-bond donors (Lipinski definition) is 3. The lowest BCUT2D eigenvalue weighted by Crippen LogP contribution is -2.36. The molecule has 0 aromatic carbocycles. The van der Waals surface area contributed by atoms with E-state index < -0.39 is 12.2 Å². The second-order valence-electron chi connectivity index (χ2n) is 5.21. The molecule has 0 unspecified atom stereocenters. The minimum Gasteiger partial charge on any atom is -0.390 e. The van der Waals surface area contributed by atoms with Crippen LogP contribution in [0.15, 0.2) is 30.7 Å². The topological polar surface area (TPSA) is 110 Å². The largest absolute Gasteiger partial charge is 0.390 e. The number of aliphatic hydroxyl groups is 2. The Balaban J connectivity index is 1.72. The second-order valence-corrected chi connectivity index (χ2v) is 5.21. The maximum atomic E-state index is 9.91. The van der Waals surface area contributed by atoms with Crippen LogP contribution in [0.2, 0.25) is 0 Å². The van der Waals surface area contributed by atoms with Gasteiger partial charge in [-0.05, 0) is 18.6 Å². The van der Waals surface area contributed by atoms with E-state index in [1.807, 2.05) is 12.1 Å². The summed E-state index contributed by atoms with van der Waals surface area (Å²) in [5.41, 5.74) is 7.37. The molecule has 7 heteroatoms. The normalized spacial score (nSPS) is 29.8. The standard InChI is InChI=1S/C13H17N5O2/c14-10-4-9(12(19)13(10)20)6-18-7-11(16-17-18)8-2-1-3-15-5-8/h1-3,5,7,9-10,12-13,19-20H,4,6,14H2/t9-,10-,12-,13+/m1/s1. The fraction of sp³-hybridized carbons (Fsp3) is 0.462. The summed E-state index contributed by atoms with van der Waals surface area (Å²) in [6, 6.07) is 3.37. The van der Waals surface area contributed by atoms with E-state index in [4.69, 9.17) is 5.73 Å². The van der Waals surface area contributed by atoms with E-state index in [0.29, 0.717) is 13.0 Å². The summed E-state index contributed by atoms with van der Waals surface area (Å²) in [4.78, 5) is 4.04. The van der Waals surface area contributed by atoms with E-state index in [1.54, 1.807) is 23.3 Å². The molecule has 0 amide bonds. The SMILES string of the molecule is N[C@@H]1C[C@H](Cn2cc(-c3cccnc3)nn2)[C@@H](O)[C@H]1O. The van der Waals surface area contributed by atoms with Gasteiger partial charge in [0, 0.05) is 36.5 Å². The lowest BCUT2D eigenvalue weighted by molar-refractivity contribution is 0.0113. The second kappa shape index (κ2) is 5.28. The minimum absolute atomic E-state index is 0.108. The van der Waals surface area contributed by atoms with Crippen LogP contribution in [0, 0.1) is 5.92 Å². The van der Waals surface area contributed by atoms with Gasteiger partial charge in [0.05, 0.1) is 18.4 Å². The van der Waals surface area contributed by atoms with Crippen molar-refractivity contribution >= 4 is 0 Å². The summed E-state index contributed by atoms with van der Waals surface area (Å²) in [6.07, 6.45) is 4.13. The number of pyridine rings is 1. The van der Waals surface area contributed by atoms with E-state index in [2.05, 4.69) is 15.3 Å². The molecule has 7 nitrogen and oxygen atoms in total. The Labute approximate surface area is 116 Å². The highest BCUT2D eigenvalue weighted by Crippen LogP contribution is 2.27. The quantitative estimate of drug-likeness (QED) is 0.690. The summed E-state index contributed by atoms with van der Waals surface area (Å²) in [5, 5.41) is 27.7. The van der Waals surface area contributed by atoms with Gasteiger partial charge in [-0.3, -0.25) is 9.67 Å². The molecule has 3 rings (SSSR count). The zero-order valence-corrected chi connectivity index (χ0v) is 10.9. The van der Waals surface area contributed by atoms with E-state index in [0.717, 1.165) is 11.3 Å². The molecule has 2 aromatic heterocycles. The van der Waals surface area contributed by atoms with Crippen LogP contribution in [0.5, 0.6) is 0 Å². The molecule has 2 heterocycles. The Morgan fingerprint density at radius 3 is 2.85 bits per heavy atom. The Morgan fingerprint density at radius 2 is 2.20 bits per heavy atom. The first-order valence-corrected chi connectivity index (χ1v) is 6.57. The fourth-order valence-corrected chi connectivity index (χ4v) is 2.62. The van der Waals surface area contributed by atoms with Gasteiger partial charge in [-0.15, -0.1) is 5.10 Å². The van der Waals surface area contributed by atoms with Crippen LogP contribution in [0.25, 0.3) is 11.3 Å². The molecule has 1 fully saturated rings. The third kappa shape index (κ3) is 2.43. The lowest BCUT2D eigenvalue weighted by Gasteiger charge is -2.15. The highest BCUT2D eigenvalue weighted by Gasteiger charge is 2.39. The third-order valence-electron chi connectivity index (χ3n) is 3.76. The van der Waals surface area contributed by atoms with Gasteiger partial charge >= 0.3 is 0 Å². The molecule has 0 aliphatic heterocycles. The average Bonchev–Trinajstić information content (AvgIpc) is 3.02. The van der Waals surface area contributed by atoms with Crippen LogP contribution in [0.1, 0.15) is 6.42 Å². The molecule has 0 spiro atoms. The van der Waals surface area contributed by atoms with Gasteiger partial charge in [0.2, 0.25) is 0 Å². The maximum absolute atomic E-state index is 9.91. The number of hydrogen-bond acceptors (Lipinski definition) is 6. The third-order valence-corrected chi connectivity index (χ3v) is 3.76. The Bertz CT molecular complexity index is 573. The van der Waals surface area contributed by atoms with Crippen molar-refractivity contribution in [1.82, 2.24) is 20.0 Å². The Kier molecular flexibility index (Phi) is 3.47. The first-order chi connectivity index (χ1) is 9.65. The van der Waals surface area contributed by atoms with E-state index in [1.165, 1.54) is 0 Å². The van der Waals surface area contributed by atoms with Gasteiger partial charge in [-0.2, -0.15) is 0 Å². The van der Waals surface area contributed by atoms with Gasteiger partial charge in [0.1, 0.15) is 5.69 Å². The van der Waals surface area contributed by atoms with Crippen LogP contribution >= 0.6 is 0 Å². The predicted molar refractivity (Wildman–Crippen MR) is 71.3 cm³/mol. The Hall–Kier alpha value is -1.83. The van der Waals surface area contributed by atoms with Gasteiger partial charge in [-0.25, -0.2) is 0 Å². The predicted octanol–water partition coefficient (Wildman–Crippen LogP) is -0.591. The highest BCUT2D eigenvalue weighted by molar-refractivity contribution is 5.55. The van der Waals surface area contributed by atoms with Crippen molar-refractivity contribution in [2.45, 2.75) is 31.2 Å². The molecule has 20 heavy (non-hydrogen) atoms. The van der Waals surface area contributed by atoms with Gasteiger partial charge in [0.15, 0.2) is 0 Å². The van der Waals surface area contributed by atoms with Crippen molar-refractivity contribution in [3.63, 3.8) is 0 Å². The molecular formula is C13H17N5O2. The van der Waals surface area contributed by atoms with Gasteiger partial charge < -0.3 is 15.9 Å². The van der Waals surface area contributed by atoms with Crippen molar-refractivity contribution in [3.05, 3.63) is 30.7 Å². The summed E-state index contributed by atoms with van der Waals surface area (Å²) < 4.78 is 1.67. The molecule has 1 saturated carbocycles. The van der Waals surface area contributed by atoms with Gasteiger partial charge in [-0.1, -0.05) is 5.21 Å². The molecule has 1 aliphatic rings. The lowest BCUT2D eigenvalue weighted by atomic mass is 10.1. The fourth-order valence-electron chi connectivity index (χ4n) is 2.62. The maximum Gasteiger partial charge on any atom is 0.114 e. The number of aromatic nitrogens is 4. The van der Waals surface area contributed by atoms with Crippen LogP contribution in [-0.4, -0.2) is 48.4 Å². The van der Waals surface area contributed by atoms with Crippen LogP contribution < -0.4 is 5.73 Å². The average molecular weight is 275 g/mol. The molecule has 4 N–H and O–H groups in total. The van der Waals surface area contributed by atoms with E-state index >= 15 is 0 Å². The molecule has 0 saturated heterocycles. The van der Waals surface area contributed by atoms with Crippen molar-refractivity contribution in [1.29, 1.82) is 0 Å². The first-order valence-electron chi connectivity index (χ1n) is 6.57. The number of aliphatic hydroxyl groups excluding tert-OH is 2. The van der Waals surface area contributed by atoms with E-state index in [9.17, 15) is 10.2 Å². The summed E-state index contributed by atoms with van der Waals surface area (Å²) in [5.74, 6) is -0.108. The van der Waals surface area contributed by atoms with Crippen LogP contribution in [-0.2, 0) is 6.54 Å². The monoisotopic (exact) mass is 275 g/mol. The van der Waals surface area contributed by atoms with E-state index in [-0.39, 0.29) is 12.0 Å². The minimum atomic E-state index is -0.860. The number of nitrogens with zero attached hydrogens (tertiary/aromatic N) is 4. The molecule has 0 bridgehead atoms. The van der Waals surface area contributed by atoms with Crippen molar-refractivity contribution in [3.8, 4) is 11.3 Å². The van der Waals surface area contributed by atoms with Crippen molar-refractivity contribution in [2.24, 2.45) is 11.7 Å². The Morgan fingerprint density at radius 1 is 1.35 bits per heavy atom. The molecule has 2 aromatic rings. The van der Waals surface area contributed by atoms with Crippen molar-refractivity contribution in [2.75, 3.05) is 0 Å². The zero-order chi connectivity index (χ0) is 14.1. The molecule has 0 radical (unpaired) electrons. The molecule has 4 atom stereocenters. The molecule has 1 aliphatic carbocycles. The van der Waals surface area contributed by atoms with Crippen LogP contribution in [0.3, 0.4) is 0 Å². The number of nitrogens with two attached hydrogens (primary N) is 1. The molecular weight excluding hydrogens is 258 g/mol. The zero-order valence-electron chi connectivity index (χ0n) is 10.9. The smallest absolute Gasteiger partial charge is 0.114 e. The first kappa shape index (κ1) is 13.2.